The molecular formula is C30H35N5O6. The number of aliphatic hydroxyl groups excluding tert-OH is 1. The first-order chi connectivity index (χ1) is 19.8. The molecule has 0 aliphatic carbocycles. The Morgan fingerprint density at radius 1 is 1.15 bits per heavy atom. The number of aromatic nitrogens is 1. The molecule has 216 valence electrons. The second kappa shape index (κ2) is 12.4. The molecule has 3 heterocycles. The van der Waals surface area contributed by atoms with Crippen LogP contribution in [-0.4, -0.2) is 77.5 Å². The van der Waals surface area contributed by atoms with Crippen molar-refractivity contribution >= 4 is 23.3 Å². The van der Waals surface area contributed by atoms with Gasteiger partial charge in [-0.1, -0.05) is 13.0 Å². The molecule has 3 amide bonds. The van der Waals surface area contributed by atoms with Crippen LogP contribution in [0.3, 0.4) is 0 Å². The van der Waals surface area contributed by atoms with E-state index < -0.39 is 12.1 Å². The number of anilines is 2. The molecule has 11 nitrogen and oxygen atoms in total. The Morgan fingerprint density at radius 2 is 1.93 bits per heavy atom. The number of nitrogens with zero attached hydrogens (tertiary/aromatic N) is 3. The Bertz CT molecular complexity index is 1390. The molecule has 0 fully saturated rings. The first-order valence-corrected chi connectivity index (χ1v) is 13.6. The van der Waals surface area contributed by atoms with Gasteiger partial charge in [0.25, 0.3) is 5.91 Å². The molecule has 1 aromatic heterocycles. The van der Waals surface area contributed by atoms with Gasteiger partial charge in [-0.25, -0.2) is 4.79 Å². The third kappa shape index (κ3) is 6.53. The van der Waals surface area contributed by atoms with Crippen LogP contribution in [0.15, 0.2) is 60.9 Å². The third-order valence-electron chi connectivity index (χ3n) is 7.26. The molecule has 3 aromatic rings. The number of nitrogens with one attached hydrogen (secondary N) is 2. The van der Waals surface area contributed by atoms with Crippen molar-refractivity contribution in [3.05, 3.63) is 72.1 Å². The largest absolute Gasteiger partial charge is 0.486 e. The summed E-state index contributed by atoms with van der Waals surface area (Å²) < 4.78 is 17.3. The fourth-order valence-corrected chi connectivity index (χ4v) is 4.99. The zero-order valence-electron chi connectivity index (χ0n) is 23.4. The van der Waals surface area contributed by atoms with Gasteiger partial charge in [-0.3, -0.25) is 14.7 Å². The summed E-state index contributed by atoms with van der Waals surface area (Å²) >= 11 is 0. The summed E-state index contributed by atoms with van der Waals surface area (Å²) in [5, 5.41) is 15.6. The molecule has 0 saturated carbocycles. The summed E-state index contributed by atoms with van der Waals surface area (Å²) in [6, 6.07) is 13.3. The van der Waals surface area contributed by atoms with Gasteiger partial charge in [0.1, 0.15) is 6.10 Å². The van der Waals surface area contributed by atoms with Crippen molar-refractivity contribution in [2.24, 2.45) is 5.92 Å². The molecule has 3 atom stereocenters. The molecule has 0 radical (unpaired) electrons. The van der Waals surface area contributed by atoms with E-state index in [2.05, 4.69) is 20.5 Å². The number of carbonyl (C=O) groups is 2. The number of hydrogen-bond donors (Lipinski definition) is 3. The summed E-state index contributed by atoms with van der Waals surface area (Å²) in [7, 11) is 2.01. The lowest BCUT2D eigenvalue weighted by atomic mass is 9.99. The van der Waals surface area contributed by atoms with Crippen LogP contribution in [0.25, 0.3) is 0 Å². The highest BCUT2D eigenvalue weighted by molar-refractivity contribution is 6.04. The van der Waals surface area contributed by atoms with E-state index in [1.165, 1.54) is 0 Å². The maximum absolute atomic E-state index is 13.7. The lowest BCUT2D eigenvalue weighted by Crippen LogP contribution is -2.49. The minimum atomic E-state index is -0.504. The van der Waals surface area contributed by atoms with Gasteiger partial charge in [0.05, 0.1) is 23.9 Å². The van der Waals surface area contributed by atoms with E-state index in [1.807, 2.05) is 33.0 Å². The molecule has 2 aliphatic rings. The number of rotatable bonds is 8. The van der Waals surface area contributed by atoms with E-state index >= 15 is 0 Å². The molecule has 0 saturated heterocycles. The summed E-state index contributed by atoms with van der Waals surface area (Å²) in [4.78, 5) is 34.7. The van der Waals surface area contributed by atoms with Crippen molar-refractivity contribution < 1.29 is 28.9 Å². The number of para-hydroxylation sites is 1. The highest BCUT2D eigenvalue weighted by Gasteiger charge is 2.34. The molecule has 0 bridgehead atoms. The van der Waals surface area contributed by atoms with Gasteiger partial charge >= 0.3 is 6.03 Å². The molecule has 11 heteroatoms. The zero-order valence-corrected chi connectivity index (χ0v) is 23.4. The quantitative estimate of drug-likeness (QED) is 0.379. The van der Waals surface area contributed by atoms with Gasteiger partial charge < -0.3 is 34.9 Å². The second-order valence-corrected chi connectivity index (χ2v) is 10.5. The van der Waals surface area contributed by atoms with Gasteiger partial charge in [-0.05, 0) is 55.9 Å². The van der Waals surface area contributed by atoms with Crippen molar-refractivity contribution in [2.45, 2.75) is 32.5 Å². The van der Waals surface area contributed by atoms with E-state index in [4.69, 9.17) is 14.2 Å². The number of ether oxygens (including phenoxy) is 3. The number of fused-ring (bicyclic) bond motifs is 2. The van der Waals surface area contributed by atoms with Gasteiger partial charge in [0.15, 0.2) is 17.2 Å². The smallest absolute Gasteiger partial charge is 0.323 e. The lowest BCUT2D eigenvalue weighted by molar-refractivity contribution is 0.0343. The first-order valence-electron chi connectivity index (χ1n) is 13.6. The maximum Gasteiger partial charge on any atom is 0.323 e. The Labute approximate surface area is 239 Å². The van der Waals surface area contributed by atoms with Gasteiger partial charge in [0, 0.05) is 49.7 Å². The van der Waals surface area contributed by atoms with Crippen LogP contribution in [0.4, 0.5) is 16.2 Å². The van der Waals surface area contributed by atoms with Crippen LogP contribution >= 0.6 is 0 Å². The first kappa shape index (κ1) is 28.2. The summed E-state index contributed by atoms with van der Waals surface area (Å²) in [6.07, 6.45) is 3.21. The van der Waals surface area contributed by atoms with Crippen molar-refractivity contribution in [3.63, 3.8) is 0 Å². The Morgan fingerprint density at radius 3 is 2.71 bits per heavy atom. The number of likely N-dealkylation sites (N-methyl/N-ethyl adjacent to an activating group) is 1. The van der Waals surface area contributed by atoms with Crippen LogP contribution < -0.4 is 24.8 Å². The molecule has 0 spiro atoms. The van der Waals surface area contributed by atoms with Crippen molar-refractivity contribution in [3.8, 4) is 17.2 Å². The number of hydrogen-bond acceptors (Lipinski definition) is 8. The summed E-state index contributed by atoms with van der Waals surface area (Å²) in [6.45, 7) is 5.48. The van der Waals surface area contributed by atoms with Crippen LogP contribution in [0.2, 0.25) is 0 Å². The SMILES string of the molecule is C[C@H]1CN([C@@H](C)CO)C(=O)c2cccc(NC(=O)Nc3ccc4c(c3)OCO4)c2O[C@H]1CN(C)Cc1ccncc1. The van der Waals surface area contributed by atoms with E-state index in [1.54, 1.807) is 53.7 Å². The minimum Gasteiger partial charge on any atom is -0.486 e. The van der Waals surface area contributed by atoms with Crippen LogP contribution in [0, 0.1) is 5.92 Å². The Kier molecular flexibility index (Phi) is 8.55. The Hall–Kier alpha value is -4.35. The zero-order chi connectivity index (χ0) is 28.9. The molecule has 3 N–H and O–H groups in total. The fraction of sp³-hybridized carbons (Fsp3) is 0.367. The van der Waals surface area contributed by atoms with Crippen LogP contribution in [-0.2, 0) is 6.54 Å². The van der Waals surface area contributed by atoms with E-state index in [9.17, 15) is 14.7 Å². The predicted octanol–water partition coefficient (Wildman–Crippen LogP) is 3.81. The van der Waals surface area contributed by atoms with Crippen LogP contribution in [0.5, 0.6) is 17.2 Å². The normalized spacial score (nSPS) is 18.7. The topological polar surface area (TPSA) is 125 Å². The molecule has 2 aromatic carbocycles. The number of benzene rings is 2. The standard InChI is InChI=1S/C30H35N5O6/c1-19-14-35(20(2)17-36)29(37)23-5-4-6-24(33-30(38)32-22-7-8-25-26(13-22)40-18-39-25)28(23)41-27(19)16-34(3)15-21-9-11-31-12-10-21/h4-13,19-20,27,36H,14-18H2,1-3H3,(H2,32,33,38)/t19-,20-,27-/m0/s1. The molecule has 5 rings (SSSR count). The van der Waals surface area contributed by atoms with Gasteiger partial charge in [0.2, 0.25) is 6.79 Å². The minimum absolute atomic E-state index is 0.0727. The summed E-state index contributed by atoms with van der Waals surface area (Å²) in [5.74, 6) is 1.12. The average Bonchev–Trinajstić information content (AvgIpc) is 3.43. The lowest BCUT2D eigenvalue weighted by Gasteiger charge is -2.38. The highest BCUT2D eigenvalue weighted by Crippen LogP contribution is 2.36. The van der Waals surface area contributed by atoms with Crippen molar-refractivity contribution in [1.82, 2.24) is 14.8 Å². The highest BCUT2D eigenvalue weighted by atomic mass is 16.7. The van der Waals surface area contributed by atoms with E-state index in [0.29, 0.717) is 53.8 Å². The van der Waals surface area contributed by atoms with Gasteiger partial charge in [-0.15, -0.1) is 0 Å². The average molecular weight is 562 g/mol. The molecule has 41 heavy (non-hydrogen) atoms. The predicted molar refractivity (Wildman–Crippen MR) is 153 cm³/mol. The number of carbonyl (C=O) groups excluding carboxylic acids is 2. The van der Waals surface area contributed by atoms with Crippen molar-refractivity contribution in [1.29, 1.82) is 0 Å². The van der Waals surface area contributed by atoms with Crippen LogP contribution in [0.1, 0.15) is 29.8 Å². The number of aliphatic hydroxyl groups is 1. The summed E-state index contributed by atoms with van der Waals surface area (Å²) in [5.41, 5.74) is 2.32. The van der Waals surface area contributed by atoms with Gasteiger partial charge in [-0.2, -0.15) is 0 Å². The number of urea groups is 1. The Balaban J connectivity index is 1.41. The number of pyridine rings is 1. The van der Waals surface area contributed by atoms with E-state index in [0.717, 1.165) is 5.56 Å². The maximum atomic E-state index is 13.7. The molecule has 0 unspecified atom stereocenters. The monoisotopic (exact) mass is 561 g/mol. The second-order valence-electron chi connectivity index (χ2n) is 10.5. The fourth-order valence-electron chi connectivity index (χ4n) is 4.99. The van der Waals surface area contributed by atoms with E-state index in [-0.39, 0.29) is 31.3 Å². The molecule has 2 aliphatic heterocycles. The third-order valence-corrected chi connectivity index (χ3v) is 7.26. The molecular weight excluding hydrogens is 526 g/mol. The van der Waals surface area contributed by atoms with Crippen molar-refractivity contribution in [2.75, 3.05) is 44.2 Å². The number of amides is 3.